The predicted molar refractivity (Wildman–Crippen MR) is 184 cm³/mol. The SMILES string of the molecule is Cc1cc(-c2ccc(S(=O)(=O)[C@@H]3C[C@@H](C(=O)N(C#N)C4CC4)N(C(=O)C4(c5ncc(Cl)cc5F)CCN4C(=O)OC(C)(C)C)C3)c(Cl)c2)ccn1. The largest absolute Gasteiger partial charge is 0.444 e. The summed E-state index contributed by atoms with van der Waals surface area (Å²) in [5, 5.41) is 8.45. The summed E-state index contributed by atoms with van der Waals surface area (Å²) < 4.78 is 49.9. The molecule has 51 heavy (non-hydrogen) atoms. The Kier molecular flexibility index (Phi) is 9.54. The van der Waals surface area contributed by atoms with E-state index in [0.29, 0.717) is 18.4 Å². The van der Waals surface area contributed by atoms with Gasteiger partial charge in [0.1, 0.15) is 23.2 Å². The van der Waals surface area contributed by atoms with Gasteiger partial charge in [0.25, 0.3) is 11.8 Å². The fourth-order valence-electron chi connectivity index (χ4n) is 6.64. The molecular formula is C35H35Cl2FN6O6S. The van der Waals surface area contributed by atoms with Crippen molar-refractivity contribution < 1.29 is 31.9 Å². The molecule has 6 rings (SSSR count). The number of hydrogen-bond donors (Lipinski definition) is 0. The van der Waals surface area contributed by atoms with E-state index in [4.69, 9.17) is 27.9 Å². The molecule has 12 nitrogen and oxygen atoms in total. The van der Waals surface area contributed by atoms with Crippen molar-refractivity contribution in [3.63, 3.8) is 0 Å². The quantitative estimate of drug-likeness (QED) is 0.220. The summed E-state index contributed by atoms with van der Waals surface area (Å²) in [6.07, 6.45) is 4.35. The summed E-state index contributed by atoms with van der Waals surface area (Å²) >= 11 is 12.6. The highest BCUT2D eigenvalue weighted by molar-refractivity contribution is 7.92. The van der Waals surface area contributed by atoms with Crippen molar-refractivity contribution in [2.24, 2.45) is 0 Å². The fraction of sp³-hybridized carbons (Fsp3) is 0.429. The maximum absolute atomic E-state index is 15.7. The smallest absolute Gasteiger partial charge is 0.411 e. The second kappa shape index (κ2) is 13.3. The van der Waals surface area contributed by atoms with Gasteiger partial charge < -0.3 is 9.64 Å². The maximum atomic E-state index is 15.7. The molecule has 0 N–H and O–H groups in total. The van der Waals surface area contributed by atoms with Crippen molar-refractivity contribution in [3.05, 3.63) is 76.0 Å². The summed E-state index contributed by atoms with van der Waals surface area (Å²) in [6, 6.07) is 7.21. The van der Waals surface area contributed by atoms with E-state index in [0.717, 1.165) is 38.2 Å². The predicted octanol–water partition coefficient (Wildman–Crippen LogP) is 5.65. The first kappa shape index (κ1) is 36.5. The molecule has 3 atom stereocenters. The van der Waals surface area contributed by atoms with Crippen LogP contribution < -0.4 is 0 Å². The van der Waals surface area contributed by atoms with Crippen molar-refractivity contribution >= 4 is 50.9 Å². The number of amides is 3. The molecule has 16 heteroatoms. The van der Waals surface area contributed by atoms with Crippen molar-refractivity contribution in [3.8, 4) is 17.3 Å². The van der Waals surface area contributed by atoms with Crippen LogP contribution in [0.1, 0.15) is 57.8 Å². The molecule has 3 amide bonds. The second-order valence-corrected chi connectivity index (χ2v) is 17.0. The lowest BCUT2D eigenvalue weighted by Gasteiger charge is -2.52. The minimum absolute atomic E-state index is 0.0239. The number of carbonyl (C=O) groups excluding carboxylic acids is 3. The van der Waals surface area contributed by atoms with Gasteiger partial charge >= 0.3 is 6.09 Å². The Morgan fingerprint density at radius 3 is 2.37 bits per heavy atom. The number of rotatable bonds is 7. The Labute approximate surface area is 305 Å². The Morgan fingerprint density at radius 2 is 1.80 bits per heavy atom. The molecule has 2 aliphatic heterocycles. The van der Waals surface area contributed by atoms with E-state index in [1.54, 1.807) is 39.1 Å². The Hall–Kier alpha value is -4.32. The minimum atomic E-state index is -4.32. The number of aryl methyl sites for hydroxylation is 1. The van der Waals surface area contributed by atoms with Crippen molar-refractivity contribution in [2.75, 3.05) is 13.1 Å². The summed E-state index contributed by atoms with van der Waals surface area (Å²) in [5.74, 6) is -2.70. The maximum Gasteiger partial charge on any atom is 0.411 e. The highest BCUT2D eigenvalue weighted by Crippen LogP contribution is 2.46. The molecule has 0 bridgehead atoms. The van der Waals surface area contributed by atoms with Gasteiger partial charge in [-0.2, -0.15) is 5.26 Å². The number of pyridine rings is 2. The number of likely N-dealkylation sites (tertiary alicyclic amines) is 2. The third kappa shape index (κ3) is 6.74. The van der Waals surface area contributed by atoms with Gasteiger partial charge in [0.15, 0.2) is 21.6 Å². The van der Waals surface area contributed by atoms with E-state index in [-0.39, 0.29) is 40.4 Å². The molecule has 1 aliphatic carbocycles. The summed E-state index contributed by atoms with van der Waals surface area (Å²) in [4.78, 5) is 53.6. The summed E-state index contributed by atoms with van der Waals surface area (Å²) in [6.45, 7) is 6.17. The number of benzene rings is 1. The van der Waals surface area contributed by atoms with Crippen LogP contribution in [0.2, 0.25) is 10.0 Å². The fourth-order valence-corrected chi connectivity index (χ4v) is 9.03. The number of ether oxygens (including phenoxy) is 1. The van der Waals surface area contributed by atoms with Crippen LogP contribution in [0, 0.1) is 24.2 Å². The van der Waals surface area contributed by atoms with Crippen LogP contribution in [0.25, 0.3) is 11.1 Å². The zero-order chi connectivity index (χ0) is 37.0. The van der Waals surface area contributed by atoms with Gasteiger partial charge in [-0.05, 0) is 88.4 Å². The van der Waals surface area contributed by atoms with Crippen LogP contribution >= 0.6 is 23.2 Å². The van der Waals surface area contributed by atoms with Crippen molar-refractivity contribution in [1.29, 1.82) is 5.26 Å². The van der Waals surface area contributed by atoms with Gasteiger partial charge in [0.2, 0.25) is 0 Å². The van der Waals surface area contributed by atoms with Gasteiger partial charge in [0.05, 0.1) is 20.2 Å². The van der Waals surface area contributed by atoms with E-state index in [1.807, 2.05) is 19.2 Å². The van der Waals surface area contributed by atoms with Crippen LogP contribution in [-0.2, 0) is 29.7 Å². The monoisotopic (exact) mass is 756 g/mol. The van der Waals surface area contributed by atoms with Gasteiger partial charge in [-0.15, -0.1) is 0 Å². The first-order chi connectivity index (χ1) is 24.0. The molecule has 1 saturated carbocycles. The molecule has 0 radical (unpaired) electrons. The Balaban J connectivity index is 1.41. The van der Waals surface area contributed by atoms with Crippen molar-refractivity contribution in [1.82, 2.24) is 24.7 Å². The molecule has 0 spiro atoms. The van der Waals surface area contributed by atoms with Gasteiger partial charge in [-0.25, -0.2) is 22.5 Å². The van der Waals surface area contributed by atoms with Gasteiger partial charge in [-0.3, -0.25) is 24.5 Å². The lowest BCUT2D eigenvalue weighted by Crippen LogP contribution is -2.69. The number of carbonyl (C=O) groups is 3. The number of halogens is 3. The molecule has 2 saturated heterocycles. The third-order valence-electron chi connectivity index (χ3n) is 9.30. The number of nitriles is 1. The van der Waals surface area contributed by atoms with E-state index < -0.39 is 68.2 Å². The number of hydrogen-bond acceptors (Lipinski definition) is 9. The lowest BCUT2D eigenvalue weighted by atomic mass is 9.79. The minimum Gasteiger partial charge on any atom is -0.444 e. The first-order valence-corrected chi connectivity index (χ1v) is 18.6. The topological polar surface area (TPSA) is 154 Å². The van der Waals surface area contributed by atoms with E-state index >= 15 is 4.39 Å². The molecule has 3 aromatic rings. The molecule has 1 unspecified atom stereocenters. The van der Waals surface area contributed by atoms with E-state index in [2.05, 4.69) is 9.97 Å². The molecular weight excluding hydrogens is 722 g/mol. The number of aromatic nitrogens is 2. The van der Waals surface area contributed by atoms with Gasteiger partial charge in [0, 0.05) is 43.6 Å². The number of sulfone groups is 1. The standard InChI is InChI=1S/C35H35Cl2FN6O6S/c1-20-13-22(9-11-40-20)21-5-8-29(26(37)14-21)51(48,49)25-16-28(31(45)43(19-39)24-6-7-24)42(18-25)32(46)35(30-27(38)15-23(36)17-41-30)10-12-44(35)33(47)50-34(2,3)4/h5,8-9,11,13-15,17,24-25,28H,6-7,10,12,16,18H2,1-4H3/t25-,28+,35?/m1/s1. The van der Waals surface area contributed by atoms with E-state index in [9.17, 15) is 28.1 Å². The molecule has 1 aromatic carbocycles. The molecule has 2 aromatic heterocycles. The molecule has 3 fully saturated rings. The average molecular weight is 758 g/mol. The Morgan fingerprint density at radius 1 is 1.10 bits per heavy atom. The molecule has 4 heterocycles. The van der Waals surface area contributed by atoms with Crippen molar-refractivity contribution in [2.45, 2.75) is 86.7 Å². The zero-order valence-electron chi connectivity index (χ0n) is 28.3. The van der Waals surface area contributed by atoms with Crippen LogP contribution in [0.15, 0.2) is 53.7 Å². The summed E-state index contributed by atoms with van der Waals surface area (Å²) in [7, 11) is -4.32. The highest BCUT2D eigenvalue weighted by atomic mass is 35.5. The third-order valence-corrected chi connectivity index (χ3v) is 12.1. The molecule has 3 aliphatic rings. The second-order valence-electron chi connectivity index (χ2n) is 14.0. The van der Waals surface area contributed by atoms with Crippen LogP contribution in [0.5, 0.6) is 0 Å². The average Bonchev–Trinajstić information content (AvgIpc) is 3.76. The van der Waals surface area contributed by atoms with Gasteiger partial charge in [-0.1, -0.05) is 29.3 Å². The Bertz CT molecular complexity index is 2080. The number of nitrogens with zero attached hydrogens (tertiary/aromatic N) is 6. The van der Waals surface area contributed by atoms with Crippen LogP contribution in [0.3, 0.4) is 0 Å². The van der Waals surface area contributed by atoms with Crippen LogP contribution in [0.4, 0.5) is 9.18 Å². The lowest BCUT2D eigenvalue weighted by molar-refractivity contribution is -0.159. The first-order valence-electron chi connectivity index (χ1n) is 16.3. The highest BCUT2D eigenvalue weighted by Gasteiger charge is 2.62. The summed E-state index contributed by atoms with van der Waals surface area (Å²) in [5.41, 5.74) is -1.34. The van der Waals surface area contributed by atoms with Crippen LogP contribution in [-0.4, -0.2) is 87.0 Å². The zero-order valence-corrected chi connectivity index (χ0v) is 30.6. The molecule has 268 valence electrons. The van der Waals surface area contributed by atoms with E-state index in [1.165, 1.54) is 12.1 Å². The normalized spacial score (nSPS) is 21.8.